The van der Waals surface area contributed by atoms with E-state index in [1.165, 1.54) is 18.9 Å². The van der Waals surface area contributed by atoms with Gasteiger partial charge < -0.3 is 47.4 Å². The predicted molar refractivity (Wildman–Crippen MR) is 232 cm³/mol. The summed E-state index contributed by atoms with van der Waals surface area (Å²) >= 11 is 0. The van der Waals surface area contributed by atoms with Crippen LogP contribution >= 0.6 is 0 Å². The number of benzene rings is 3. The van der Waals surface area contributed by atoms with Crippen LogP contribution in [0.15, 0.2) is 54.6 Å². The van der Waals surface area contributed by atoms with Crippen LogP contribution in [0.1, 0.15) is 78.2 Å². The number of hydrogen-bond donors (Lipinski definition) is 5. The molecule has 5 atom stereocenters. The maximum absolute atomic E-state index is 14.7. The number of hydrogen-bond acceptors (Lipinski definition) is 13. The molecule has 0 fully saturated rings. The van der Waals surface area contributed by atoms with Gasteiger partial charge in [-0.25, -0.2) is 0 Å². The molecule has 4 bridgehead atoms. The number of ether oxygens (including phenoxy) is 3. The molecule has 1 heterocycles. The predicted octanol–water partition coefficient (Wildman–Crippen LogP) is 2.64. The Morgan fingerprint density at radius 3 is 2.10 bits per heavy atom. The first-order valence-electron chi connectivity index (χ1n) is 20.8. The van der Waals surface area contributed by atoms with E-state index in [0.717, 1.165) is 11.1 Å². The zero-order chi connectivity index (χ0) is 45.7. The van der Waals surface area contributed by atoms with Crippen LogP contribution < -0.4 is 37.7 Å². The lowest BCUT2D eigenvalue weighted by Crippen LogP contribution is -2.46. The molecule has 0 saturated carbocycles. The Kier molecular flexibility index (Phi) is 17.9. The van der Waals surface area contributed by atoms with Crippen molar-refractivity contribution < 1.29 is 47.8 Å². The summed E-state index contributed by atoms with van der Waals surface area (Å²) in [6.45, 7) is 6.88. The molecule has 9 N–H and O–H groups in total. The van der Waals surface area contributed by atoms with Crippen LogP contribution in [0.2, 0.25) is 0 Å². The maximum atomic E-state index is 14.7. The molecule has 0 unspecified atom stereocenters. The largest absolute Gasteiger partial charge is 0.492 e. The van der Waals surface area contributed by atoms with Gasteiger partial charge in [0.2, 0.25) is 11.8 Å². The van der Waals surface area contributed by atoms with Crippen LogP contribution in [-0.4, -0.2) is 98.5 Å². The number of Topliss-reactive ketones (excluding diaryl/α,β-unsaturated/α-hetero) is 3. The molecular formula is C46H60N6O10. The molecule has 0 spiro atoms. The molecular weight excluding hydrogens is 797 g/mol. The van der Waals surface area contributed by atoms with E-state index in [2.05, 4.69) is 5.32 Å². The molecule has 3 amide bonds. The molecule has 62 heavy (non-hydrogen) atoms. The number of ketones is 3. The molecule has 1 aliphatic heterocycles. The molecule has 4 rings (SSSR count). The van der Waals surface area contributed by atoms with Gasteiger partial charge in [-0.15, -0.1) is 0 Å². The molecule has 334 valence electrons. The van der Waals surface area contributed by atoms with E-state index in [1.807, 2.05) is 26.0 Å². The summed E-state index contributed by atoms with van der Waals surface area (Å²) in [5, 5.41) is 2.80. The van der Waals surface area contributed by atoms with E-state index in [9.17, 15) is 33.6 Å². The second-order valence-corrected chi connectivity index (χ2v) is 15.9. The monoisotopic (exact) mass is 856 g/mol. The van der Waals surface area contributed by atoms with Gasteiger partial charge in [-0.2, -0.15) is 0 Å². The highest BCUT2D eigenvalue weighted by Crippen LogP contribution is 2.41. The highest BCUT2D eigenvalue weighted by molar-refractivity contribution is 6.01. The third-order valence-electron chi connectivity index (χ3n) is 10.8. The van der Waals surface area contributed by atoms with E-state index in [4.69, 9.17) is 37.1 Å². The minimum Gasteiger partial charge on any atom is -0.492 e. The Balaban J connectivity index is 1.85. The number of primary amides is 1. The van der Waals surface area contributed by atoms with Crippen LogP contribution in [0, 0.1) is 31.6 Å². The van der Waals surface area contributed by atoms with E-state index in [-0.39, 0.29) is 70.7 Å². The molecule has 1 aliphatic rings. The van der Waals surface area contributed by atoms with Gasteiger partial charge in [0.05, 0.1) is 12.0 Å². The summed E-state index contributed by atoms with van der Waals surface area (Å²) in [5.41, 5.74) is 27.0. The van der Waals surface area contributed by atoms with E-state index < -0.39 is 71.7 Å². The number of nitrogens with two attached hydrogens (primary N) is 4. The molecule has 3 aromatic carbocycles. The van der Waals surface area contributed by atoms with E-state index >= 15 is 0 Å². The first kappa shape index (κ1) is 48.7. The lowest BCUT2D eigenvalue weighted by Gasteiger charge is -2.32. The molecule has 3 aromatic rings. The van der Waals surface area contributed by atoms with Crippen LogP contribution in [0.25, 0.3) is 11.1 Å². The number of aryl methyl sites for hydroxylation is 2. The number of carbonyl (C=O) groups excluding carboxylic acids is 7. The van der Waals surface area contributed by atoms with Gasteiger partial charge in [-0.05, 0) is 74.2 Å². The molecule has 0 radical (unpaired) electrons. The zero-order valence-electron chi connectivity index (χ0n) is 36.2. The molecule has 0 saturated heterocycles. The first-order chi connectivity index (χ1) is 29.5. The third kappa shape index (κ3) is 12.8. The van der Waals surface area contributed by atoms with Crippen molar-refractivity contribution in [2.45, 2.75) is 71.9 Å². The Hall–Kier alpha value is -5.97. The van der Waals surface area contributed by atoms with Crippen molar-refractivity contribution in [2.75, 3.05) is 46.5 Å². The number of rotatable bonds is 19. The minimum atomic E-state index is -1.25. The quantitative estimate of drug-likeness (QED) is 0.0859. The zero-order valence-corrected chi connectivity index (χ0v) is 36.2. The summed E-state index contributed by atoms with van der Waals surface area (Å²) in [5.74, 6) is -6.05. The highest BCUT2D eigenvalue weighted by Gasteiger charge is 2.36. The number of carbonyl (C=O) groups is 7. The maximum Gasteiger partial charge on any atom is 0.309 e. The summed E-state index contributed by atoms with van der Waals surface area (Å²) in [7, 11) is 1.49. The van der Waals surface area contributed by atoms with Crippen LogP contribution in [0.4, 0.5) is 0 Å². The second kappa shape index (κ2) is 22.8. The lowest BCUT2D eigenvalue weighted by atomic mass is 9.87. The molecule has 0 aromatic heterocycles. The van der Waals surface area contributed by atoms with Crippen LogP contribution in [0.5, 0.6) is 11.5 Å². The van der Waals surface area contributed by atoms with Crippen molar-refractivity contribution in [3.05, 3.63) is 82.4 Å². The molecule has 0 aliphatic carbocycles. The van der Waals surface area contributed by atoms with Crippen molar-refractivity contribution >= 4 is 41.0 Å². The summed E-state index contributed by atoms with van der Waals surface area (Å²) in [6, 6.07) is 13.3. The fourth-order valence-corrected chi connectivity index (χ4v) is 7.56. The second-order valence-electron chi connectivity index (χ2n) is 15.9. The summed E-state index contributed by atoms with van der Waals surface area (Å²) < 4.78 is 17.1. The number of amides is 3. The lowest BCUT2D eigenvalue weighted by molar-refractivity contribution is -0.152. The fraction of sp³-hybridized carbons (Fsp3) is 0.457. The smallest absolute Gasteiger partial charge is 0.309 e. The average molecular weight is 857 g/mol. The van der Waals surface area contributed by atoms with Gasteiger partial charge in [-0.3, -0.25) is 33.6 Å². The van der Waals surface area contributed by atoms with E-state index in [1.54, 1.807) is 49.4 Å². The van der Waals surface area contributed by atoms with E-state index in [0.29, 0.717) is 39.3 Å². The van der Waals surface area contributed by atoms with Gasteiger partial charge in [0.15, 0.2) is 24.0 Å². The Morgan fingerprint density at radius 2 is 1.48 bits per heavy atom. The Labute approximate surface area is 362 Å². The van der Waals surface area contributed by atoms with Gasteiger partial charge in [-0.1, -0.05) is 49.7 Å². The highest BCUT2D eigenvalue weighted by atomic mass is 16.5. The van der Waals surface area contributed by atoms with Crippen LogP contribution in [0.3, 0.4) is 0 Å². The Bertz CT molecular complexity index is 2140. The van der Waals surface area contributed by atoms with Crippen LogP contribution in [-0.2, 0) is 39.9 Å². The first-order valence-corrected chi connectivity index (χ1v) is 20.8. The van der Waals surface area contributed by atoms with Crippen molar-refractivity contribution in [1.29, 1.82) is 0 Å². The van der Waals surface area contributed by atoms with Crippen molar-refractivity contribution in [3.8, 4) is 22.6 Å². The number of esters is 1. The van der Waals surface area contributed by atoms with Crippen molar-refractivity contribution in [3.63, 3.8) is 0 Å². The van der Waals surface area contributed by atoms with Crippen molar-refractivity contribution in [1.82, 2.24) is 10.2 Å². The van der Waals surface area contributed by atoms with Gasteiger partial charge in [0.1, 0.15) is 30.8 Å². The van der Waals surface area contributed by atoms with Gasteiger partial charge in [0, 0.05) is 67.9 Å². The summed E-state index contributed by atoms with van der Waals surface area (Å²) in [6.07, 6.45) is -0.676. The number of nitrogens with zero attached hydrogens (tertiary/aromatic N) is 1. The summed E-state index contributed by atoms with van der Waals surface area (Å²) in [4.78, 5) is 95.9. The standard InChI is InChI=1S/C46H60N6O10/c1-26-6-9-33(27(2)18-26)37(53)24-32(12-13-47)45(58)52(5)43-31-8-11-41(61-17-15-49)35(23-31)34-21-30(7-10-40(34)60-16-14-48)22-36(51-44(57)28(3)19-39(43)55)38(54)20-29(4)46(59)62-25-42(50)56/h6-11,18,21,23,28-29,32,36,43H,12-17,19-20,22,24-25,47-49H2,1-5H3,(H2,50,56)(H,51,57)/t28-,29-,32-,36+,43+/m1/s1. The topological polar surface area (TPSA) is 267 Å². The number of nitrogens with one attached hydrogen (secondary N) is 1. The van der Waals surface area contributed by atoms with Gasteiger partial charge in [0.25, 0.3) is 5.91 Å². The average Bonchev–Trinajstić information content (AvgIpc) is 3.23. The normalized spacial score (nSPS) is 17.5. The minimum absolute atomic E-state index is 0.0135. The Morgan fingerprint density at radius 1 is 0.839 bits per heavy atom. The molecule has 16 nitrogen and oxygen atoms in total. The fourth-order valence-electron chi connectivity index (χ4n) is 7.56. The van der Waals surface area contributed by atoms with Crippen molar-refractivity contribution in [2.24, 2.45) is 40.7 Å². The SMILES string of the molecule is Cc1ccc(C(=O)C[C@@H](CCN)C(=O)N(C)[C@@H]2C(=O)C[C@@H](C)C(=O)N[C@H](C(=O)C[C@@H](C)C(=O)OCC(N)=O)Cc3ccc(OCCN)c(c3)-c3cc2ccc3OCCN)c(C)c1. The third-order valence-corrected chi connectivity index (χ3v) is 10.8. The number of likely N-dealkylation sites (N-methyl/N-ethyl adjacent to an activating group) is 1. The number of fused-ring (bicyclic) bond motifs is 5. The molecule has 16 heteroatoms. The van der Waals surface area contributed by atoms with Gasteiger partial charge >= 0.3 is 5.97 Å².